The minimum absolute atomic E-state index is 0.194. The first kappa shape index (κ1) is 20.4. The number of amides is 1. The Morgan fingerprint density at radius 2 is 1.93 bits per heavy atom. The van der Waals surface area contributed by atoms with E-state index in [1.165, 1.54) is 12.1 Å². The summed E-state index contributed by atoms with van der Waals surface area (Å²) in [5, 5.41) is 14.1. The lowest BCUT2D eigenvalue weighted by Crippen LogP contribution is -2.45. The van der Waals surface area contributed by atoms with Gasteiger partial charge < -0.3 is 14.9 Å². The van der Waals surface area contributed by atoms with Crippen LogP contribution in [0.25, 0.3) is 0 Å². The summed E-state index contributed by atoms with van der Waals surface area (Å²) < 4.78 is 13.4. The second kappa shape index (κ2) is 8.47. The number of piperidine rings is 1. The standard InChI is InChI=1S/C21H27FN4O2S/c1-24-9-11-25(12-10-24)14-19-23-18(15-29-19)21(28)5-7-26(8-6-21)20(27)16-3-2-4-17(22)13-16/h2-4,13,15,28H,5-12,14H2,1H3. The van der Waals surface area contributed by atoms with Gasteiger partial charge in [-0.1, -0.05) is 6.07 Å². The van der Waals surface area contributed by atoms with E-state index >= 15 is 0 Å². The Balaban J connectivity index is 1.36. The van der Waals surface area contributed by atoms with Crippen LogP contribution in [0.2, 0.25) is 0 Å². The molecule has 0 saturated carbocycles. The molecule has 1 aromatic carbocycles. The largest absolute Gasteiger partial charge is 0.383 e. The SMILES string of the molecule is CN1CCN(Cc2nc(C3(O)CCN(C(=O)c4cccc(F)c4)CC3)cs2)CC1. The first-order valence-electron chi connectivity index (χ1n) is 10.1. The molecule has 156 valence electrons. The zero-order valence-corrected chi connectivity index (χ0v) is 17.5. The maximum Gasteiger partial charge on any atom is 0.253 e. The van der Waals surface area contributed by atoms with Crippen molar-refractivity contribution in [1.29, 1.82) is 0 Å². The van der Waals surface area contributed by atoms with Crippen LogP contribution in [0.3, 0.4) is 0 Å². The molecule has 2 aliphatic rings. The van der Waals surface area contributed by atoms with Gasteiger partial charge in [0.1, 0.15) is 16.4 Å². The number of hydrogen-bond acceptors (Lipinski definition) is 6. The summed E-state index contributed by atoms with van der Waals surface area (Å²) in [6.07, 6.45) is 0.872. The molecule has 29 heavy (non-hydrogen) atoms. The van der Waals surface area contributed by atoms with Crippen molar-refractivity contribution in [3.63, 3.8) is 0 Å². The van der Waals surface area contributed by atoms with Crippen molar-refractivity contribution in [2.75, 3.05) is 46.3 Å². The van der Waals surface area contributed by atoms with Gasteiger partial charge in [-0.25, -0.2) is 9.37 Å². The summed E-state index contributed by atoms with van der Waals surface area (Å²) >= 11 is 1.59. The van der Waals surface area contributed by atoms with Gasteiger partial charge in [-0.3, -0.25) is 9.69 Å². The fourth-order valence-electron chi connectivity index (χ4n) is 3.93. The van der Waals surface area contributed by atoms with Crippen molar-refractivity contribution in [2.24, 2.45) is 0 Å². The summed E-state index contributed by atoms with van der Waals surface area (Å²) in [6.45, 7) is 5.88. The van der Waals surface area contributed by atoms with Crippen molar-refractivity contribution in [1.82, 2.24) is 19.7 Å². The molecular formula is C21H27FN4O2S. The molecule has 8 heteroatoms. The molecule has 0 spiro atoms. The molecule has 2 aromatic rings. The van der Waals surface area contributed by atoms with Crippen LogP contribution in [0.15, 0.2) is 29.6 Å². The molecular weight excluding hydrogens is 391 g/mol. The fourth-order valence-corrected chi connectivity index (χ4v) is 4.86. The predicted molar refractivity (Wildman–Crippen MR) is 110 cm³/mol. The second-order valence-corrected chi connectivity index (χ2v) is 8.98. The van der Waals surface area contributed by atoms with E-state index in [9.17, 15) is 14.3 Å². The average Bonchev–Trinajstić information content (AvgIpc) is 3.19. The Morgan fingerprint density at radius 1 is 1.21 bits per heavy atom. The van der Waals surface area contributed by atoms with Gasteiger partial charge in [-0.15, -0.1) is 11.3 Å². The van der Waals surface area contributed by atoms with Crippen LogP contribution < -0.4 is 0 Å². The summed E-state index contributed by atoms with van der Waals surface area (Å²) in [5.41, 5.74) is 0.0540. The summed E-state index contributed by atoms with van der Waals surface area (Å²) in [4.78, 5) is 23.7. The van der Waals surface area contributed by atoms with E-state index in [0.29, 0.717) is 37.2 Å². The molecule has 0 radical (unpaired) electrons. The fraction of sp³-hybridized carbons (Fsp3) is 0.524. The number of thiazole rings is 1. The molecule has 0 atom stereocenters. The summed E-state index contributed by atoms with van der Waals surface area (Å²) in [7, 11) is 2.14. The topological polar surface area (TPSA) is 59.9 Å². The molecule has 2 aliphatic heterocycles. The van der Waals surface area contributed by atoms with Gasteiger partial charge in [0.25, 0.3) is 5.91 Å². The Hall–Kier alpha value is -1.87. The number of likely N-dealkylation sites (N-methyl/N-ethyl adjacent to an activating group) is 1. The van der Waals surface area contributed by atoms with E-state index in [2.05, 4.69) is 16.8 Å². The molecule has 6 nitrogen and oxygen atoms in total. The van der Waals surface area contributed by atoms with Crippen LogP contribution in [-0.4, -0.2) is 77.0 Å². The van der Waals surface area contributed by atoms with Gasteiger partial charge in [0.15, 0.2) is 0 Å². The van der Waals surface area contributed by atoms with E-state index in [0.717, 1.165) is 37.7 Å². The lowest BCUT2D eigenvalue weighted by Gasteiger charge is -2.37. The highest BCUT2D eigenvalue weighted by Gasteiger charge is 2.37. The van der Waals surface area contributed by atoms with E-state index in [-0.39, 0.29) is 5.91 Å². The van der Waals surface area contributed by atoms with Crippen LogP contribution in [0.1, 0.15) is 33.9 Å². The Kier molecular flexibility index (Phi) is 5.96. The number of carbonyl (C=O) groups excluding carboxylic acids is 1. The predicted octanol–water partition coefficient (Wildman–Crippen LogP) is 2.15. The van der Waals surface area contributed by atoms with Crippen LogP contribution in [0.5, 0.6) is 0 Å². The third kappa shape index (κ3) is 4.66. The monoisotopic (exact) mass is 418 g/mol. The van der Waals surface area contributed by atoms with Gasteiger partial charge >= 0.3 is 0 Å². The molecule has 1 N–H and O–H groups in total. The van der Waals surface area contributed by atoms with E-state index < -0.39 is 11.4 Å². The second-order valence-electron chi connectivity index (χ2n) is 8.04. The molecule has 1 amide bonds. The van der Waals surface area contributed by atoms with E-state index in [1.54, 1.807) is 28.4 Å². The number of nitrogens with zero attached hydrogens (tertiary/aromatic N) is 4. The highest BCUT2D eigenvalue weighted by Crippen LogP contribution is 2.34. The Labute approximate surface area is 174 Å². The molecule has 0 unspecified atom stereocenters. The molecule has 3 heterocycles. The van der Waals surface area contributed by atoms with Gasteiger partial charge in [0.2, 0.25) is 0 Å². The Bertz CT molecular complexity index is 858. The zero-order chi connectivity index (χ0) is 20.4. The number of piperazine rings is 1. The maximum atomic E-state index is 13.4. The number of halogens is 1. The van der Waals surface area contributed by atoms with Crippen LogP contribution in [0, 0.1) is 5.82 Å². The van der Waals surface area contributed by atoms with E-state index in [1.807, 2.05) is 5.38 Å². The summed E-state index contributed by atoms with van der Waals surface area (Å²) in [6, 6.07) is 5.75. The molecule has 4 rings (SSSR count). The van der Waals surface area contributed by atoms with Gasteiger partial charge in [-0.05, 0) is 38.1 Å². The summed E-state index contributed by atoms with van der Waals surface area (Å²) in [5.74, 6) is -0.611. The first-order chi connectivity index (χ1) is 13.9. The smallest absolute Gasteiger partial charge is 0.253 e. The van der Waals surface area contributed by atoms with Crippen molar-refractivity contribution < 1.29 is 14.3 Å². The Morgan fingerprint density at radius 3 is 2.62 bits per heavy atom. The van der Waals surface area contributed by atoms with Crippen LogP contribution in [-0.2, 0) is 12.1 Å². The lowest BCUT2D eigenvalue weighted by molar-refractivity contribution is -0.0241. The number of aliphatic hydroxyl groups is 1. The van der Waals surface area contributed by atoms with E-state index in [4.69, 9.17) is 4.98 Å². The van der Waals surface area contributed by atoms with Gasteiger partial charge in [0, 0.05) is 50.2 Å². The van der Waals surface area contributed by atoms with Crippen molar-refractivity contribution in [3.8, 4) is 0 Å². The minimum Gasteiger partial charge on any atom is -0.383 e. The maximum absolute atomic E-state index is 13.4. The normalized spacial score (nSPS) is 20.7. The highest BCUT2D eigenvalue weighted by molar-refractivity contribution is 7.09. The number of aromatic nitrogens is 1. The number of carbonyl (C=O) groups is 1. The zero-order valence-electron chi connectivity index (χ0n) is 16.7. The number of benzene rings is 1. The molecule has 1 aromatic heterocycles. The number of hydrogen-bond donors (Lipinski definition) is 1. The van der Waals surface area contributed by atoms with Crippen LogP contribution in [0.4, 0.5) is 4.39 Å². The van der Waals surface area contributed by atoms with Crippen molar-refractivity contribution >= 4 is 17.2 Å². The number of likely N-dealkylation sites (tertiary alicyclic amines) is 1. The van der Waals surface area contributed by atoms with Crippen molar-refractivity contribution in [2.45, 2.75) is 25.0 Å². The third-order valence-corrected chi connectivity index (χ3v) is 6.77. The van der Waals surface area contributed by atoms with Crippen LogP contribution >= 0.6 is 11.3 Å². The molecule has 0 bridgehead atoms. The lowest BCUT2D eigenvalue weighted by atomic mass is 9.88. The molecule has 0 aliphatic carbocycles. The van der Waals surface area contributed by atoms with Gasteiger partial charge in [-0.2, -0.15) is 0 Å². The van der Waals surface area contributed by atoms with Crippen molar-refractivity contribution in [3.05, 3.63) is 51.7 Å². The molecule has 2 fully saturated rings. The average molecular weight is 419 g/mol. The highest BCUT2D eigenvalue weighted by atomic mass is 32.1. The molecule has 2 saturated heterocycles. The first-order valence-corrected chi connectivity index (χ1v) is 10.9. The van der Waals surface area contributed by atoms with Gasteiger partial charge in [0.05, 0.1) is 12.2 Å². The minimum atomic E-state index is -1.00. The third-order valence-electron chi connectivity index (χ3n) is 5.93. The number of rotatable bonds is 4. The quantitative estimate of drug-likeness (QED) is 0.825.